The van der Waals surface area contributed by atoms with E-state index in [1.165, 1.54) is 7.11 Å². The van der Waals surface area contributed by atoms with Crippen molar-refractivity contribution in [1.82, 2.24) is 30.1 Å². The average Bonchev–Trinajstić information content (AvgIpc) is 3.88. The van der Waals surface area contributed by atoms with Crippen molar-refractivity contribution in [2.45, 2.75) is 57.1 Å². The van der Waals surface area contributed by atoms with Crippen LogP contribution in [0.3, 0.4) is 0 Å². The van der Waals surface area contributed by atoms with E-state index >= 15 is 4.39 Å². The zero-order chi connectivity index (χ0) is 29.9. The third-order valence-electron chi connectivity index (χ3n) is 7.39. The first-order valence-electron chi connectivity index (χ1n) is 13.6. The Hall–Kier alpha value is -4.01. The Morgan fingerprint density at radius 1 is 1.12 bits per heavy atom. The minimum atomic E-state index is -4.57. The van der Waals surface area contributed by atoms with Crippen molar-refractivity contribution in [3.63, 3.8) is 0 Å². The molecule has 2 atom stereocenters. The number of nitrogens with zero attached hydrogens (tertiary/aromatic N) is 5. The Morgan fingerprint density at radius 2 is 1.81 bits per heavy atom. The number of hydrogen-bond donors (Lipinski definition) is 2. The molecular weight excluding hydrogens is 562 g/mol. The number of halogens is 4. The smallest absolute Gasteiger partial charge is 0.408 e. The van der Waals surface area contributed by atoms with Crippen LogP contribution in [0.1, 0.15) is 43.0 Å². The van der Waals surface area contributed by atoms with Gasteiger partial charge in [-0.15, -0.1) is 10.2 Å². The lowest BCUT2D eigenvalue weighted by molar-refractivity contribution is -0.143. The number of carbonyl (C=O) groups is 2. The van der Waals surface area contributed by atoms with Crippen LogP contribution < -0.4 is 10.6 Å². The maximum atomic E-state index is 15.0. The number of methoxy groups -OCH3 is 1. The minimum absolute atomic E-state index is 0.0145. The third-order valence-corrected chi connectivity index (χ3v) is 7.39. The first-order chi connectivity index (χ1) is 20.1. The number of nitrogens with one attached hydrogen (secondary N) is 2. The van der Waals surface area contributed by atoms with Gasteiger partial charge in [-0.1, -0.05) is 35.5 Å². The van der Waals surface area contributed by atoms with Gasteiger partial charge in [-0.2, -0.15) is 17.6 Å². The Labute approximate surface area is 238 Å². The SMILES string of the molecule is COCC(c1cnnn1CC(F)(F)F)n1cc(NC(=O)[C@@H](NC(=O)OCc2ccccc2)C(C2CC2)C2CC2)c(F)n1. The molecule has 0 bridgehead atoms. The molecule has 0 radical (unpaired) electrons. The third kappa shape index (κ3) is 7.43. The highest BCUT2D eigenvalue weighted by Gasteiger charge is 2.48. The molecule has 5 rings (SSSR count). The highest BCUT2D eigenvalue weighted by atomic mass is 19.4. The van der Waals surface area contributed by atoms with E-state index in [1.807, 2.05) is 18.2 Å². The number of hydrogen-bond acceptors (Lipinski definition) is 7. The standard InChI is InChI=1S/C27H31F4N7O4/c1-41-14-21(20-11-32-36-38(20)15-27(29,30)31)37-12-19(24(28)35-37)33-25(39)23(22(17-7-8-17)18-9-10-18)34-26(40)42-13-16-5-3-2-4-6-16/h2-6,11-12,17-18,21-23H,7-10,13-15H2,1H3,(H,33,39)(H,34,40)/t21?,23-/m0/s1. The van der Waals surface area contributed by atoms with Crippen LogP contribution in [0.2, 0.25) is 0 Å². The molecule has 11 nitrogen and oxygen atoms in total. The topological polar surface area (TPSA) is 125 Å². The Morgan fingerprint density at radius 3 is 2.43 bits per heavy atom. The summed E-state index contributed by atoms with van der Waals surface area (Å²) in [6.45, 7) is -1.57. The van der Waals surface area contributed by atoms with E-state index in [0.717, 1.165) is 48.3 Å². The molecule has 2 saturated carbocycles. The highest BCUT2D eigenvalue weighted by Crippen LogP contribution is 2.51. The molecule has 42 heavy (non-hydrogen) atoms. The van der Waals surface area contributed by atoms with E-state index < -0.39 is 42.8 Å². The van der Waals surface area contributed by atoms with E-state index in [2.05, 4.69) is 26.0 Å². The molecule has 2 heterocycles. The summed E-state index contributed by atoms with van der Waals surface area (Å²) in [4.78, 5) is 26.3. The van der Waals surface area contributed by atoms with Gasteiger partial charge in [0.25, 0.3) is 5.95 Å². The molecule has 15 heteroatoms. The van der Waals surface area contributed by atoms with Crippen LogP contribution in [0.5, 0.6) is 0 Å². The fourth-order valence-electron chi connectivity index (χ4n) is 5.21. The number of alkyl halides is 3. The van der Waals surface area contributed by atoms with Crippen molar-refractivity contribution in [2.75, 3.05) is 19.0 Å². The second kappa shape index (κ2) is 12.5. The number of carbonyl (C=O) groups excluding carboxylic acids is 2. The molecule has 226 valence electrons. The van der Waals surface area contributed by atoms with E-state index in [0.29, 0.717) is 4.68 Å². The summed E-state index contributed by atoms with van der Waals surface area (Å²) in [7, 11) is 1.33. The molecule has 2 amide bonds. The summed E-state index contributed by atoms with van der Waals surface area (Å²) in [6, 6.07) is 7.07. The molecule has 1 unspecified atom stereocenters. The molecule has 2 N–H and O–H groups in total. The van der Waals surface area contributed by atoms with Crippen LogP contribution in [0.25, 0.3) is 0 Å². The number of benzene rings is 1. The van der Waals surface area contributed by atoms with Crippen LogP contribution >= 0.6 is 0 Å². The lowest BCUT2D eigenvalue weighted by Gasteiger charge is -2.27. The summed E-state index contributed by atoms with van der Waals surface area (Å²) < 4.78 is 66.4. The summed E-state index contributed by atoms with van der Waals surface area (Å²) in [5.41, 5.74) is 0.463. The second-order valence-electron chi connectivity index (χ2n) is 10.6. The largest absolute Gasteiger partial charge is 0.445 e. The molecular formula is C27H31F4N7O4. The van der Waals surface area contributed by atoms with Gasteiger partial charge < -0.3 is 20.1 Å². The molecule has 2 aliphatic rings. The number of amides is 2. The molecule has 3 aromatic rings. The second-order valence-corrected chi connectivity index (χ2v) is 10.6. The fraction of sp³-hybridized carbons (Fsp3) is 0.519. The van der Waals surface area contributed by atoms with Crippen LogP contribution in [-0.4, -0.2) is 62.7 Å². The normalized spacial score (nSPS) is 16.7. The van der Waals surface area contributed by atoms with E-state index in [-0.39, 0.29) is 42.3 Å². The van der Waals surface area contributed by atoms with Crippen LogP contribution in [0.15, 0.2) is 42.7 Å². The van der Waals surface area contributed by atoms with Gasteiger partial charge in [0.05, 0.1) is 24.7 Å². The van der Waals surface area contributed by atoms with Crippen molar-refractivity contribution < 1.29 is 36.6 Å². The predicted octanol–water partition coefficient (Wildman–Crippen LogP) is 4.08. The van der Waals surface area contributed by atoms with Crippen molar-refractivity contribution in [3.8, 4) is 0 Å². The minimum Gasteiger partial charge on any atom is -0.445 e. The molecule has 0 saturated heterocycles. The maximum Gasteiger partial charge on any atom is 0.408 e. The molecule has 2 aromatic heterocycles. The number of ether oxygens (including phenoxy) is 2. The number of alkyl carbamates (subject to hydrolysis) is 1. The van der Waals surface area contributed by atoms with Gasteiger partial charge in [-0.25, -0.2) is 9.48 Å². The maximum absolute atomic E-state index is 15.0. The quantitative estimate of drug-likeness (QED) is 0.286. The van der Waals surface area contributed by atoms with Gasteiger partial charge in [0.15, 0.2) is 0 Å². The van der Waals surface area contributed by atoms with Gasteiger partial charge in [0.1, 0.15) is 30.9 Å². The van der Waals surface area contributed by atoms with Gasteiger partial charge in [0.2, 0.25) is 5.91 Å². The van der Waals surface area contributed by atoms with Gasteiger partial charge in [-0.3, -0.25) is 9.48 Å². The first kappa shape index (κ1) is 29.5. The monoisotopic (exact) mass is 593 g/mol. The molecule has 0 spiro atoms. The van der Waals surface area contributed by atoms with Gasteiger partial charge in [0, 0.05) is 7.11 Å². The number of anilines is 1. The van der Waals surface area contributed by atoms with Crippen molar-refractivity contribution in [2.24, 2.45) is 17.8 Å². The zero-order valence-corrected chi connectivity index (χ0v) is 22.8. The zero-order valence-electron chi connectivity index (χ0n) is 22.8. The van der Waals surface area contributed by atoms with Gasteiger partial charge in [-0.05, 0) is 49.0 Å². The summed E-state index contributed by atoms with van der Waals surface area (Å²) in [5.74, 6) is -1.33. The summed E-state index contributed by atoms with van der Waals surface area (Å²) in [5, 5.41) is 16.1. The molecule has 1 aromatic carbocycles. The van der Waals surface area contributed by atoms with Gasteiger partial charge >= 0.3 is 12.3 Å². The Bertz CT molecular complexity index is 1360. The lowest BCUT2D eigenvalue weighted by Crippen LogP contribution is -2.50. The lowest BCUT2D eigenvalue weighted by atomic mass is 9.89. The fourth-order valence-corrected chi connectivity index (χ4v) is 5.21. The van der Waals surface area contributed by atoms with E-state index in [1.54, 1.807) is 12.1 Å². The first-order valence-corrected chi connectivity index (χ1v) is 13.6. The summed E-state index contributed by atoms with van der Waals surface area (Å²) >= 11 is 0. The molecule has 2 fully saturated rings. The summed E-state index contributed by atoms with van der Waals surface area (Å²) in [6.07, 6.45) is 0.643. The number of rotatable bonds is 13. The van der Waals surface area contributed by atoms with Crippen molar-refractivity contribution in [1.29, 1.82) is 0 Å². The molecule has 0 aliphatic heterocycles. The highest BCUT2D eigenvalue weighted by molar-refractivity contribution is 5.96. The van der Waals surface area contributed by atoms with Crippen LogP contribution in [0, 0.1) is 23.7 Å². The number of aromatic nitrogens is 5. The Balaban J connectivity index is 1.33. The predicted molar refractivity (Wildman–Crippen MR) is 139 cm³/mol. The average molecular weight is 594 g/mol. The van der Waals surface area contributed by atoms with E-state index in [4.69, 9.17) is 9.47 Å². The van der Waals surface area contributed by atoms with E-state index in [9.17, 15) is 22.8 Å². The molecule has 2 aliphatic carbocycles. The van der Waals surface area contributed by atoms with Crippen LogP contribution in [0.4, 0.5) is 28.0 Å². The van der Waals surface area contributed by atoms with Crippen LogP contribution in [-0.2, 0) is 27.4 Å². The van der Waals surface area contributed by atoms with Crippen molar-refractivity contribution in [3.05, 3.63) is 59.9 Å². The van der Waals surface area contributed by atoms with Crippen molar-refractivity contribution >= 4 is 17.7 Å². The Kier molecular flexibility index (Phi) is 8.75.